The lowest BCUT2D eigenvalue weighted by atomic mass is 10.5. The molecule has 0 N–H and O–H groups in total. The van der Waals surface area contributed by atoms with E-state index in [0.717, 1.165) is 6.42 Å². The number of hydrogen-bond acceptors (Lipinski definition) is 3. The molecule has 0 spiro atoms. The van der Waals surface area contributed by atoms with Crippen molar-refractivity contribution in [1.82, 2.24) is 0 Å². The van der Waals surface area contributed by atoms with E-state index < -0.39 is 6.95 Å². The van der Waals surface area contributed by atoms with Gasteiger partial charge in [0, 0.05) is 11.2 Å². The normalized spacial score (nSPS) is 15.8. The van der Waals surface area contributed by atoms with Gasteiger partial charge in [-0.25, -0.2) is 4.57 Å². The minimum atomic E-state index is -3.32. The van der Waals surface area contributed by atoms with Crippen LogP contribution in [0, 0.1) is 0 Å². The monoisotopic (exact) mass is 198 g/mol. The largest absolute Gasteiger partial charge is 0.424 e. The Balaban J connectivity index is 3.61. The van der Waals surface area contributed by atoms with Gasteiger partial charge in [0.05, 0.1) is 13.2 Å². The Bertz CT molecular complexity index is 160. The first-order valence-electron chi connectivity index (χ1n) is 3.32. The molecule has 0 saturated carbocycles. The van der Waals surface area contributed by atoms with Crippen molar-refractivity contribution in [2.75, 3.05) is 13.2 Å². The van der Waals surface area contributed by atoms with Gasteiger partial charge in [-0.05, 0) is 6.42 Å². The van der Waals surface area contributed by atoms with Crippen molar-refractivity contribution in [3.63, 3.8) is 0 Å². The van der Waals surface area contributed by atoms with Gasteiger partial charge in [-0.3, -0.25) is 9.05 Å². The summed E-state index contributed by atoms with van der Waals surface area (Å²) in [6, 6.07) is 0. The fourth-order valence-corrected chi connectivity index (χ4v) is 1.51. The molecule has 1 atom stereocenters. The molecule has 1 unspecified atom stereocenters. The highest BCUT2D eigenvalue weighted by molar-refractivity contribution is 7.81. The predicted molar refractivity (Wildman–Crippen MR) is 45.9 cm³/mol. The van der Waals surface area contributed by atoms with Crippen LogP contribution >= 0.6 is 18.2 Å². The molecular weight excluding hydrogens is 186 g/mol. The van der Waals surface area contributed by atoms with Crippen LogP contribution in [0.15, 0.2) is 12.7 Å². The molecule has 0 bridgehead atoms. The van der Waals surface area contributed by atoms with Crippen LogP contribution in [0.2, 0.25) is 0 Å². The SMILES string of the molecule is C=CCOP(=O)(Cl)OCCC. The second-order valence-electron chi connectivity index (χ2n) is 1.85. The second-order valence-corrected chi connectivity index (χ2v) is 4.47. The molecule has 0 aromatic rings. The third kappa shape index (κ3) is 6.57. The van der Waals surface area contributed by atoms with Gasteiger partial charge in [0.15, 0.2) is 0 Å². The Kier molecular flexibility index (Phi) is 5.88. The topological polar surface area (TPSA) is 35.5 Å². The summed E-state index contributed by atoms with van der Waals surface area (Å²) in [6.07, 6.45) is 2.22. The predicted octanol–water partition coefficient (Wildman–Crippen LogP) is 2.96. The van der Waals surface area contributed by atoms with Crippen LogP contribution in [-0.2, 0) is 13.6 Å². The van der Waals surface area contributed by atoms with E-state index in [0.29, 0.717) is 6.61 Å². The highest BCUT2D eigenvalue weighted by Crippen LogP contribution is 2.53. The quantitative estimate of drug-likeness (QED) is 0.486. The Morgan fingerprint density at radius 3 is 2.73 bits per heavy atom. The molecular formula is C6H12ClO3P. The van der Waals surface area contributed by atoms with E-state index in [1.165, 1.54) is 6.08 Å². The maximum Gasteiger partial charge on any atom is 0.424 e. The van der Waals surface area contributed by atoms with Crippen LogP contribution in [0.4, 0.5) is 0 Å². The third-order valence-corrected chi connectivity index (χ3v) is 2.33. The van der Waals surface area contributed by atoms with Gasteiger partial charge >= 0.3 is 6.95 Å². The molecule has 0 aromatic heterocycles. The lowest BCUT2D eigenvalue weighted by Gasteiger charge is -2.08. The highest BCUT2D eigenvalue weighted by Gasteiger charge is 2.18. The van der Waals surface area contributed by atoms with Crippen LogP contribution in [0.5, 0.6) is 0 Å². The molecule has 0 radical (unpaired) electrons. The Labute approximate surface area is 71.7 Å². The lowest BCUT2D eigenvalue weighted by Crippen LogP contribution is -1.91. The summed E-state index contributed by atoms with van der Waals surface area (Å²) in [6.45, 7) is 2.44. The summed E-state index contributed by atoms with van der Waals surface area (Å²) in [5.41, 5.74) is 0. The van der Waals surface area contributed by atoms with Gasteiger partial charge in [-0.2, -0.15) is 0 Å². The Morgan fingerprint density at radius 1 is 1.64 bits per heavy atom. The van der Waals surface area contributed by atoms with E-state index >= 15 is 0 Å². The zero-order chi connectivity index (χ0) is 8.74. The zero-order valence-electron chi connectivity index (χ0n) is 6.46. The molecule has 3 nitrogen and oxygen atoms in total. The molecule has 0 aliphatic rings. The fourth-order valence-electron chi connectivity index (χ4n) is 0.379. The van der Waals surface area contributed by atoms with Crippen molar-refractivity contribution >= 4 is 18.2 Å². The standard InChI is InChI=1S/C6H12ClO3P/c1-3-5-9-11(7,8)10-6-4-2/h3H,1,4-6H2,2H3. The number of halogens is 1. The molecule has 0 fully saturated rings. The molecule has 0 rings (SSSR count). The molecule has 0 aliphatic carbocycles. The first-order chi connectivity index (χ1) is 5.12. The van der Waals surface area contributed by atoms with Crippen molar-refractivity contribution in [1.29, 1.82) is 0 Å². The first kappa shape index (κ1) is 11.2. The summed E-state index contributed by atoms with van der Waals surface area (Å²) in [5, 5.41) is 0. The van der Waals surface area contributed by atoms with Crippen molar-refractivity contribution in [3.8, 4) is 0 Å². The first-order valence-corrected chi connectivity index (χ1v) is 5.77. The molecule has 0 heterocycles. The van der Waals surface area contributed by atoms with E-state index in [2.05, 4.69) is 11.1 Å². The van der Waals surface area contributed by atoms with E-state index in [-0.39, 0.29) is 6.61 Å². The molecule has 0 saturated heterocycles. The lowest BCUT2D eigenvalue weighted by molar-refractivity contribution is 0.234. The van der Waals surface area contributed by atoms with E-state index in [4.69, 9.17) is 15.8 Å². The summed E-state index contributed by atoms with van der Waals surface area (Å²) in [7, 11) is 0. The highest BCUT2D eigenvalue weighted by atomic mass is 35.7. The molecule has 11 heavy (non-hydrogen) atoms. The van der Waals surface area contributed by atoms with Crippen LogP contribution < -0.4 is 0 Å². The average Bonchev–Trinajstić information content (AvgIpc) is 1.97. The van der Waals surface area contributed by atoms with Crippen molar-refractivity contribution < 1.29 is 13.6 Å². The van der Waals surface area contributed by atoms with Crippen molar-refractivity contribution in [2.24, 2.45) is 0 Å². The van der Waals surface area contributed by atoms with Crippen molar-refractivity contribution in [2.45, 2.75) is 13.3 Å². The smallest absolute Gasteiger partial charge is 0.297 e. The third-order valence-electron chi connectivity index (χ3n) is 0.796. The van der Waals surface area contributed by atoms with E-state index in [9.17, 15) is 4.57 Å². The molecule has 0 amide bonds. The van der Waals surface area contributed by atoms with Crippen molar-refractivity contribution in [3.05, 3.63) is 12.7 Å². The maximum absolute atomic E-state index is 11.0. The molecule has 0 aromatic carbocycles. The van der Waals surface area contributed by atoms with Crippen LogP contribution in [0.25, 0.3) is 0 Å². The Hall–Kier alpha value is 0.180. The Morgan fingerprint density at radius 2 is 2.27 bits per heavy atom. The van der Waals surface area contributed by atoms with Gasteiger partial charge in [-0.1, -0.05) is 13.0 Å². The second kappa shape index (κ2) is 5.78. The molecule has 66 valence electrons. The minimum Gasteiger partial charge on any atom is -0.297 e. The van der Waals surface area contributed by atoms with Gasteiger partial charge < -0.3 is 0 Å². The number of hydrogen-bond donors (Lipinski definition) is 0. The minimum absolute atomic E-state index is 0.143. The van der Waals surface area contributed by atoms with E-state index in [1.807, 2.05) is 6.92 Å². The number of rotatable bonds is 6. The zero-order valence-corrected chi connectivity index (χ0v) is 8.11. The maximum atomic E-state index is 11.0. The summed E-state index contributed by atoms with van der Waals surface area (Å²) >= 11 is 5.36. The average molecular weight is 199 g/mol. The van der Waals surface area contributed by atoms with Gasteiger partial charge in [-0.15, -0.1) is 6.58 Å². The van der Waals surface area contributed by atoms with Gasteiger partial charge in [0.1, 0.15) is 0 Å². The van der Waals surface area contributed by atoms with Crippen LogP contribution in [-0.4, -0.2) is 13.2 Å². The van der Waals surface area contributed by atoms with E-state index in [1.54, 1.807) is 0 Å². The summed E-state index contributed by atoms with van der Waals surface area (Å²) in [5.74, 6) is 0. The van der Waals surface area contributed by atoms with Crippen LogP contribution in [0.3, 0.4) is 0 Å². The molecule has 5 heteroatoms. The summed E-state index contributed by atoms with van der Waals surface area (Å²) < 4.78 is 20.4. The molecule has 0 aliphatic heterocycles. The summed E-state index contributed by atoms with van der Waals surface area (Å²) in [4.78, 5) is 0. The fraction of sp³-hybridized carbons (Fsp3) is 0.667. The van der Waals surface area contributed by atoms with Gasteiger partial charge in [0.2, 0.25) is 0 Å². The van der Waals surface area contributed by atoms with Crippen LogP contribution in [0.1, 0.15) is 13.3 Å². The van der Waals surface area contributed by atoms with Gasteiger partial charge in [0.25, 0.3) is 0 Å².